The fourth-order valence-corrected chi connectivity index (χ4v) is 3.01. The van der Waals surface area contributed by atoms with Crippen LogP contribution in [0, 0.1) is 13.8 Å². The Hall–Kier alpha value is -2.01. The van der Waals surface area contributed by atoms with Gasteiger partial charge in [-0.1, -0.05) is 12.1 Å². The largest absolute Gasteiger partial charge is 0.360 e. The van der Waals surface area contributed by atoms with Crippen molar-refractivity contribution in [2.24, 2.45) is 0 Å². The molecule has 0 saturated carbocycles. The van der Waals surface area contributed by atoms with Crippen LogP contribution in [-0.2, 0) is 0 Å². The lowest BCUT2D eigenvalue weighted by Gasteiger charge is -2.14. The molecule has 2 heterocycles. The Morgan fingerprint density at radius 2 is 2.00 bits per heavy atom. The number of hydrogen-bond acceptors (Lipinski definition) is 5. The summed E-state index contributed by atoms with van der Waals surface area (Å²) in [7, 11) is 0. The van der Waals surface area contributed by atoms with E-state index in [9.17, 15) is 0 Å². The zero-order valence-corrected chi connectivity index (χ0v) is 12.5. The van der Waals surface area contributed by atoms with Gasteiger partial charge in [-0.15, -0.1) is 11.3 Å². The number of hydrogen-bond donors (Lipinski definition) is 1. The number of anilines is 1. The van der Waals surface area contributed by atoms with Crippen LogP contribution in [0.1, 0.15) is 28.4 Å². The molecular weight excluding hydrogens is 268 g/mol. The second-order valence-corrected chi connectivity index (χ2v) is 6.13. The predicted octanol–water partition coefficient (Wildman–Crippen LogP) is 3.88. The lowest BCUT2D eigenvalue weighted by molar-refractivity contribution is 0.861. The third-order valence-electron chi connectivity index (χ3n) is 3.23. The molecule has 5 heteroatoms. The van der Waals surface area contributed by atoms with Crippen LogP contribution in [0.2, 0.25) is 0 Å². The van der Waals surface area contributed by atoms with E-state index in [2.05, 4.69) is 47.1 Å². The van der Waals surface area contributed by atoms with Crippen LogP contribution in [0.25, 0.3) is 10.9 Å². The van der Waals surface area contributed by atoms with Crippen LogP contribution in [0.3, 0.4) is 0 Å². The van der Waals surface area contributed by atoms with Gasteiger partial charge >= 0.3 is 0 Å². The average Bonchev–Trinajstić information content (AvgIpc) is 2.86. The fourth-order valence-electron chi connectivity index (χ4n) is 2.23. The number of nitrogens with zero attached hydrogens (tertiary/aromatic N) is 3. The number of thiazole rings is 1. The molecule has 20 heavy (non-hydrogen) atoms. The van der Waals surface area contributed by atoms with E-state index in [0.29, 0.717) is 0 Å². The van der Waals surface area contributed by atoms with Crippen molar-refractivity contribution < 1.29 is 0 Å². The van der Waals surface area contributed by atoms with Gasteiger partial charge in [0.2, 0.25) is 0 Å². The first kappa shape index (κ1) is 13.0. The molecule has 0 aliphatic carbocycles. The highest BCUT2D eigenvalue weighted by atomic mass is 32.1. The van der Waals surface area contributed by atoms with Gasteiger partial charge in [-0.3, -0.25) is 0 Å². The van der Waals surface area contributed by atoms with E-state index in [1.165, 1.54) is 10.4 Å². The van der Waals surface area contributed by atoms with Gasteiger partial charge in [-0.05, 0) is 32.4 Å². The molecule has 0 amide bonds. The van der Waals surface area contributed by atoms with Crippen molar-refractivity contribution in [2.75, 3.05) is 5.32 Å². The average molecular weight is 284 g/mol. The summed E-state index contributed by atoms with van der Waals surface area (Å²) in [4.78, 5) is 14.4. The summed E-state index contributed by atoms with van der Waals surface area (Å²) in [5.41, 5.74) is 2.14. The number of benzene rings is 1. The summed E-state index contributed by atoms with van der Waals surface area (Å²) >= 11 is 1.71. The maximum atomic E-state index is 4.43. The maximum Gasteiger partial charge on any atom is 0.138 e. The summed E-state index contributed by atoms with van der Waals surface area (Å²) in [5, 5.41) is 5.60. The van der Waals surface area contributed by atoms with Crippen molar-refractivity contribution in [3.8, 4) is 0 Å². The van der Waals surface area contributed by atoms with Crippen molar-refractivity contribution in [3.63, 3.8) is 0 Å². The van der Waals surface area contributed by atoms with Crippen LogP contribution in [0.15, 0.2) is 30.7 Å². The van der Waals surface area contributed by atoms with Crippen molar-refractivity contribution in [1.29, 1.82) is 0 Å². The quantitative estimate of drug-likeness (QED) is 0.793. The van der Waals surface area contributed by atoms with Gasteiger partial charge in [-0.25, -0.2) is 15.0 Å². The summed E-state index contributed by atoms with van der Waals surface area (Å²) in [5.74, 6) is 0.869. The van der Waals surface area contributed by atoms with E-state index in [1.807, 2.05) is 18.3 Å². The van der Waals surface area contributed by atoms with Gasteiger partial charge in [0.05, 0.1) is 11.6 Å². The molecule has 0 saturated heterocycles. The highest BCUT2D eigenvalue weighted by Crippen LogP contribution is 2.27. The minimum atomic E-state index is 0.131. The fraction of sp³-hybridized carbons (Fsp3) is 0.267. The molecule has 4 nitrogen and oxygen atoms in total. The molecule has 2 aromatic heterocycles. The molecule has 0 aliphatic rings. The third kappa shape index (κ3) is 2.36. The van der Waals surface area contributed by atoms with Gasteiger partial charge in [-0.2, -0.15) is 0 Å². The molecule has 102 valence electrons. The first-order chi connectivity index (χ1) is 9.65. The number of aryl methyl sites for hydroxylation is 2. The Labute approximate surface area is 121 Å². The third-order valence-corrected chi connectivity index (χ3v) is 4.33. The standard InChI is InChI=1S/C15H16N4S/c1-9-5-4-6-12-13(9)14(18-8-17-12)19-11(3)15-16-7-10(2)20-15/h4-8,11H,1-3H3,(H,17,18,19). The maximum absolute atomic E-state index is 4.43. The summed E-state index contributed by atoms with van der Waals surface area (Å²) in [6.45, 7) is 6.25. The van der Waals surface area contributed by atoms with Crippen LogP contribution in [-0.4, -0.2) is 15.0 Å². The molecule has 0 aliphatic heterocycles. The van der Waals surface area contributed by atoms with Crippen molar-refractivity contribution >= 4 is 28.1 Å². The molecular formula is C15H16N4S. The van der Waals surface area contributed by atoms with Crippen molar-refractivity contribution in [1.82, 2.24) is 15.0 Å². The highest BCUT2D eigenvalue weighted by molar-refractivity contribution is 7.11. The number of rotatable bonds is 3. The predicted molar refractivity (Wildman–Crippen MR) is 83.2 cm³/mol. The normalized spacial score (nSPS) is 12.6. The van der Waals surface area contributed by atoms with Gasteiger partial charge < -0.3 is 5.32 Å². The molecule has 3 rings (SSSR count). The first-order valence-electron chi connectivity index (χ1n) is 6.54. The Bertz CT molecular complexity index is 745. The second kappa shape index (κ2) is 5.17. The Morgan fingerprint density at radius 1 is 1.15 bits per heavy atom. The monoisotopic (exact) mass is 284 g/mol. The van der Waals surface area contributed by atoms with E-state index in [1.54, 1.807) is 17.7 Å². The molecule has 0 radical (unpaired) electrons. The zero-order chi connectivity index (χ0) is 14.1. The number of nitrogens with one attached hydrogen (secondary N) is 1. The Balaban J connectivity index is 1.99. The van der Waals surface area contributed by atoms with Crippen molar-refractivity contribution in [3.05, 3.63) is 46.2 Å². The lowest BCUT2D eigenvalue weighted by Crippen LogP contribution is -2.08. The highest BCUT2D eigenvalue weighted by Gasteiger charge is 2.13. The minimum absolute atomic E-state index is 0.131. The molecule has 3 aromatic rings. The zero-order valence-electron chi connectivity index (χ0n) is 11.7. The SMILES string of the molecule is Cc1cnc(C(C)Nc2ncnc3cccc(C)c23)s1. The molecule has 0 spiro atoms. The summed E-state index contributed by atoms with van der Waals surface area (Å²) in [6.07, 6.45) is 3.51. The van der Waals surface area contributed by atoms with Gasteiger partial charge in [0.1, 0.15) is 17.2 Å². The molecule has 0 bridgehead atoms. The van der Waals surface area contributed by atoms with Gasteiger partial charge in [0.25, 0.3) is 0 Å². The van der Waals surface area contributed by atoms with Crippen LogP contribution >= 0.6 is 11.3 Å². The number of fused-ring (bicyclic) bond motifs is 1. The topological polar surface area (TPSA) is 50.7 Å². The Morgan fingerprint density at radius 3 is 2.75 bits per heavy atom. The van der Waals surface area contributed by atoms with Crippen LogP contribution in [0.5, 0.6) is 0 Å². The van der Waals surface area contributed by atoms with E-state index in [0.717, 1.165) is 21.7 Å². The van der Waals surface area contributed by atoms with E-state index < -0.39 is 0 Å². The molecule has 1 aromatic carbocycles. The number of aromatic nitrogens is 3. The minimum Gasteiger partial charge on any atom is -0.360 e. The molecule has 1 unspecified atom stereocenters. The van der Waals surface area contributed by atoms with E-state index in [4.69, 9.17) is 0 Å². The van der Waals surface area contributed by atoms with Crippen LogP contribution in [0.4, 0.5) is 5.82 Å². The first-order valence-corrected chi connectivity index (χ1v) is 7.36. The molecule has 0 fully saturated rings. The second-order valence-electron chi connectivity index (χ2n) is 4.87. The van der Waals surface area contributed by atoms with E-state index >= 15 is 0 Å². The lowest BCUT2D eigenvalue weighted by atomic mass is 10.1. The van der Waals surface area contributed by atoms with Gasteiger partial charge in [0.15, 0.2) is 0 Å². The van der Waals surface area contributed by atoms with Crippen molar-refractivity contribution in [2.45, 2.75) is 26.8 Å². The van der Waals surface area contributed by atoms with E-state index in [-0.39, 0.29) is 6.04 Å². The van der Waals surface area contributed by atoms with Crippen LogP contribution < -0.4 is 5.32 Å². The molecule has 1 N–H and O–H groups in total. The smallest absolute Gasteiger partial charge is 0.138 e. The summed E-state index contributed by atoms with van der Waals surface area (Å²) < 4.78 is 0. The summed E-state index contributed by atoms with van der Waals surface area (Å²) in [6, 6.07) is 6.23. The Kier molecular flexibility index (Phi) is 3.36. The molecule has 1 atom stereocenters. The van der Waals surface area contributed by atoms with Gasteiger partial charge in [0, 0.05) is 16.5 Å².